The fourth-order valence-electron chi connectivity index (χ4n) is 2.16. The molecule has 0 saturated heterocycles. The third kappa shape index (κ3) is 4.10. The molecule has 0 aliphatic heterocycles. The molecule has 3 aromatic rings. The summed E-state index contributed by atoms with van der Waals surface area (Å²) >= 11 is 0. The maximum absolute atomic E-state index is 11.8. The molecule has 5 nitrogen and oxygen atoms in total. The predicted octanol–water partition coefficient (Wildman–Crippen LogP) is 3.48. The number of rotatable bonds is 6. The van der Waals surface area contributed by atoms with Gasteiger partial charge in [0, 0.05) is 5.56 Å². The molecule has 0 atom stereocenters. The van der Waals surface area contributed by atoms with Gasteiger partial charge in [0.25, 0.3) is 5.91 Å². The van der Waals surface area contributed by atoms with Crippen molar-refractivity contribution in [1.29, 1.82) is 0 Å². The first kappa shape index (κ1) is 15.6. The molecule has 0 saturated carbocycles. The van der Waals surface area contributed by atoms with Crippen LogP contribution in [-0.4, -0.2) is 18.7 Å². The maximum Gasteiger partial charge on any atom is 0.277 e. The summed E-state index contributed by atoms with van der Waals surface area (Å²) in [6, 6.07) is 20.9. The topological polar surface area (TPSA) is 63.8 Å². The zero-order valence-electron chi connectivity index (χ0n) is 12.9. The molecule has 24 heavy (non-hydrogen) atoms. The summed E-state index contributed by atoms with van der Waals surface area (Å²) in [4.78, 5) is 11.8. The van der Waals surface area contributed by atoms with Crippen LogP contribution in [0.5, 0.6) is 5.75 Å². The number of benzene rings is 2. The van der Waals surface area contributed by atoms with Crippen LogP contribution in [-0.2, 0) is 4.79 Å². The number of hydrogen-bond donors (Lipinski definition) is 1. The molecule has 1 aromatic heterocycles. The van der Waals surface area contributed by atoms with Crippen LogP contribution in [0.1, 0.15) is 5.76 Å². The Hall–Kier alpha value is -3.34. The maximum atomic E-state index is 11.8. The second-order valence-corrected chi connectivity index (χ2v) is 4.96. The van der Waals surface area contributed by atoms with Gasteiger partial charge in [-0.05, 0) is 23.8 Å². The largest absolute Gasteiger partial charge is 0.483 e. The number of para-hydroxylation sites is 1. The second kappa shape index (κ2) is 7.78. The van der Waals surface area contributed by atoms with Crippen molar-refractivity contribution < 1.29 is 13.9 Å². The lowest BCUT2D eigenvalue weighted by atomic mass is 10.1. The highest BCUT2D eigenvalue weighted by molar-refractivity contribution is 5.81. The number of carbonyl (C=O) groups is 1. The van der Waals surface area contributed by atoms with Gasteiger partial charge in [-0.15, -0.1) is 0 Å². The normalized spacial score (nSPS) is 10.7. The van der Waals surface area contributed by atoms with E-state index in [1.165, 1.54) is 12.5 Å². The van der Waals surface area contributed by atoms with Crippen LogP contribution in [0.25, 0.3) is 11.1 Å². The Balaban J connectivity index is 1.60. The van der Waals surface area contributed by atoms with Crippen molar-refractivity contribution >= 4 is 12.1 Å². The van der Waals surface area contributed by atoms with E-state index < -0.39 is 0 Å². The minimum Gasteiger partial charge on any atom is -0.483 e. The van der Waals surface area contributed by atoms with Gasteiger partial charge >= 0.3 is 0 Å². The first-order valence-electron chi connectivity index (χ1n) is 7.45. The van der Waals surface area contributed by atoms with Crippen molar-refractivity contribution in [1.82, 2.24) is 5.43 Å². The second-order valence-electron chi connectivity index (χ2n) is 4.96. The summed E-state index contributed by atoms with van der Waals surface area (Å²) in [5.41, 5.74) is 4.36. The van der Waals surface area contributed by atoms with E-state index in [-0.39, 0.29) is 12.5 Å². The zero-order valence-corrected chi connectivity index (χ0v) is 12.9. The molecule has 120 valence electrons. The van der Waals surface area contributed by atoms with E-state index in [4.69, 9.17) is 9.15 Å². The van der Waals surface area contributed by atoms with E-state index in [1.54, 1.807) is 12.1 Å². The molecule has 1 amide bonds. The average molecular weight is 320 g/mol. The van der Waals surface area contributed by atoms with Crippen LogP contribution in [0.15, 0.2) is 82.5 Å². The molecular weight excluding hydrogens is 304 g/mol. The molecule has 2 aromatic carbocycles. The summed E-state index contributed by atoms with van der Waals surface area (Å²) in [5.74, 6) is 0.861. The third-order valence-electron chi connectivity index (χ3n) is 3.25. The number of ether oxygens (including phenoxy) is 1. The lowest BCUT2D eigenvalue weighted by Gasteiger charge is -2.10. The highest BCUT2D eigenvalue weighted by atomic mass is 16.5. The van der Waals surface area contributed by atoms with Crippen molar-refractivity contribution in [2.75, 3.05) is 6.61 Å². The van der Waals surface area contributed by atoms with E-state index in [0.717, 1.165) is 11.1 Å². The zero-order chi connectivity index (χ0) is 16.6. The number of nitrogens with zero attached hydrogens (tertiary/aromatic N) is 1. The summed E-state index contributed by atoms with van der Waals surface area (Å²) in [6.07, 6.45) is 2.96. The number of hydrogen-bond acceptors (Lipinski definition) is 4. The monoisotopic (exact) mass is 320 g/mol. The highest BCUT2D eigenvalue weighted by Crippen LogP contribution is 2.29. The van der Waals surface area contributed by atoms with Gasteiger partial charge in [-0.2, -0.15) is 5.10 Å². The first-order chi connectivity index (χ1) is 11.8. The van der Waals surface area contributed by atoms with Crippen molar-refractivity contribution in [2.24, 2.45) is 5.10 Å². The molecule has 5 heteroatoms. The minimum atomic E-state index is -0.347. The molecule has 1 heterocycles. The lowest BCUT2D eigenvalue weighted by Crippen LogP contribution is -2.24. The van der Waals surface area contributed by atoms with Gasteiger partial charge in [-0.1, -0.05) is 48.5 Å². The van der Waals surface area contributed by atoms with E-state index >= 15 is 0 Å². The molecule has 0 aliphatic rings. The van der Waals surface area contributed by atoms with Gasteiger partial charge in [0.1, 0.15) is 11.5 Å². The van der Waals surface area contributed by atoms with Gasteiger partial charge in [0.15, 0.2) is 6.61 Å². The Morgan fingerprint density at radius 2 is 1.83 bits per heavy atom. The molecule has 0 bridgehead atoms. The Bertz CT molecular complexity index is 812. The molecule has 1 N–H and O–H groups in total. The minimum absolute atomic E-state index is 0.126. The SMILES string of the molecule is O=C(COc1ccccc1-c1ccccc1)N/N=C/c1ccco1. The van der Waals surface area contributed by atoms with E-state index in [2.05, 4.69) is 10.5 Å². The molecule has 0 radical (unpaired) electrons. The molecule has 0 aliphatic carbocycles. The van der Waals surface area contributed by atoms with Crippen molar-refractivity contribution in [3.63, 3.8) is 0 Å². The van der Waals surface area contributed by atoms with Gasteiger partial charge in [0.2, 0.25) is 0 Å². The van der Waals surface area contributed by atoms with Gasteiger partial charge in [-0.3, -0.25) is 4.79 Å². The number of amides is 1. The number of hydrazone groups is 1. The molecule has 0 unspecified atom stereocenters. The average Bonchev–Trinajstić information content (AvgIpc) is 3.14. The van der Waals surface area contributed by atoms with Crippen molar-refractivity contribution in [2.45, 2.75) is 0 Å². The summed E-state index contributed by atoms with van der Waals surface area (Å²) in [7, 11) is 0. The van der Waals surface area contributed by atoms with Crippen LogP contribution >= 0.6 is 0 Å². The van der Waals surface area contributed by atoms with E-state index in [1.807, 2.05) is 54.6 Å². The summed E-state index contributed by atoms with van der Waals surface area (Å²) in [6.45, 7) is -0.126. The Morgan fingerprint density at radius 1 is 1.04 bits per heavy atom. The van der Waals surface area contributed by atoms with Gasteiger partial charge in [0.05, 0.1) is 12.5 Å². The van der Waals surface area contributed by atoms with Crippen molar-refractivity contribution in [3.05, 3.63) is 78.8 Å². The predicted molar refractivity (Wildman–Crippen MR) is 91.8 cm³/mol. The Labute approximate surface area is 139 Å². The van der Waals surface area contributed by atoms with Crippen LogP contribution in [0, 0.1) is 0 Å². The Morgan fingerprint density at radius 3 is 2.62 bits per heavy atom. The number of furan rings is 1. The fourth-order valence-corrected chi connectivity index (χ4v) is 2.16. The molecule has 3 rings (SSSR count). The van der Waals surface area contributed by atoms with E-state index in [0.29, 0.717) is 11.5 Å². The highest BCUT2D eigenvalue weighted by Gasteiger charge is 2.07. The Kier molecular flexibility index (Phi) is 5.04. The molecule has 0 spiro atoms. The van der Waals surface area contributed by atoms with Crippen molar-refractivity contribution in [3.8, 4) is 16.9 Å². The molecule has 0 fully saturated rings. The van der Waals surface area contributed by atoms with Gasteiger partial charge < -0.3 is 9.15 Å². The lowest BCUT2D eigenvalue weighted by molar-refractivity contribution is -0.123. The van der Waals surface area contributed by atoms with Gasteiger partial charge in [-0.25, -0.2) is 5.43 Å². The standard InChI is InChI=1S/C19H16N2O3/c22-19(21-20-13-16-9-6-12-23-16)14-24-18-11-5-4-10-17(18)15-7-2-1-3-8-15/h1-13H,14H2,(H,21,22)/b20-13+. The van der Waals surface area contributed by atoms with E-state index in [9.17, 15) is 4.79 Å². The molecular formula is C19H16N2O3. The van der Waals surface area contributed by atoms with Crippen LogP contribution in [0.4, 0.5) is 0 Å². The third-order valence-corrected chi connectivity index (χ3v) is 3.25. The van der Waals surface area contributed by atoms with Crippen LogP contribution in [0.3, 0.4) is 0 Å². The number of nitrogens with one attached hydrogen (secondary N) is 1. The first-order valence-corrected chi connectivity index (χ1v) is 7.45. The number of carbonyl (C=O) groups excluding carboxylic acids is 1. The quantitative estimate of drug-likeness (QED) is 0.559. The smallest absolute Gasteiger partial charge is 0.277 e. The summed E-state index contributed by atoms with van der Waals surface area (Å²) in [5, 5.41) is 3.81. The summed E-state index contributed by atoms with van der Waals surface area (Å²) < 4.78 is 10.7. The fraction of sp³-hybridized carbons (Fsp3) is 0.0526. The van der Waals surface area contributed by atoms with Crippen LogP contribution < -0.4 is 10.2 Å². The van der Waals surface area contributed by atoms with Crippen LogP contribution in [0.2, 0.25) is 0 Å².